The first-order valence-corrected chi connectivity index (χ1v) is 8.15. The zero-order chi connectivity index (χ0) is 15.6. The molecular weight excluding hydrogens is 286 g/mol. The molecule has 1 saturated carbocycles. The van der Waals surface area contributed by atoms with Crippen molar-refractivity contribution in [1.82, 2.24) is 9.78 Å². The predicted molar refractivity (Wildman–Crippen MR) is 91.6 cm³/mol. The highest BCUT2D eigenvalue weighted by Gasteiger charge is 2.21. The molecule has 3 aromatic rings. The van der Waals surface area contributed by atoms with E-state index in [1.807, 2.05) is 53.2 Å². The lowest BCUT2D eigenvalue weighted by atomic mass is 10.0. The predicted octanol–water partition coefficient (Wildman–Crippen LogP) is 4.40. The number of amides is 1. The zero-order valence-electron chi connectivity index (χ0n) is 12.9. The fourth-order valence-electron chi connectivity index (χ4n) is 3.46. The normalized spacial score (nSPS) is 15.1. The van der Waals surface area contributed by atoms with E-state index in [-0.39, 0.29) is 5.91 Å². The molecule has 0 saturated heterocycles. The quantitative estimate of drug-likeness (QED) is 0.779. The lowest BCUT2D eigenvalue weighted by Crippen LogP contribution is -2.18. The van der Waals surface area contributed by atoms with Crippen LogP contribution in [0.25, 0.3) is 10.8 Å². The van der Waals surface area contributed by atoms with Crippen LogP contribution in [0.3, 0.4) is 0 Å². The molecule has 4 rings (SSSR count). The van der Waals surface area contributed by atoms with Crippen LogP contribution in [-0.4, -0.2) is 15.7 Å². The molecule has 1 aliphatic carbocycles. The van der Waals surface area contributed by atoms with Crippen molar-refractivity contribution in [3.63, 3.8) is 0 Å². The van der Waals surface area contributed by atoms with Gasteiger partial charge in [-0.1, -0.05) is 49.2 Å². The molecule has 1 aliphatic rings. The molecule has 1 fully saturated rings. The number of anilines is 1. The van der Waals surface area contributed by atoms with Gasteiger partial charge in [0.05, 0.1) is 12.2 Å². The Morgan fingerprint density at radius 3 is 2.70 bits per heavy atom. The van der Waals surface area contributed by atoms with Crippen molar-refractivity contribution in [2.24, 2.45) is 0 Å². The van der Waals surface area contributed by atoms with Gasteiger partial charge in [0.1, 0.15) is 5.82 Å². The number of benzene rings is 2. The summed E-state index contributed by atoms with van der Waals surface area (Å²) in [6.07, 6.45) is 6.51. The third-order valence-electron chi connectivity index (χ3n) is 4.62. The van der Waals surface area contributed by atoms with Crippen molar-refractivity contribution < 1.29 is 4.79 Å². The van der Waals surface area contributed by atoms with Crippen LogP contribution in [0, 0.1) is 0 Å². The van der Waals surface area contributed by atoms with Gasteiger partial charge in [-0.3, -0.25) is 4.79 Å². The molecule has 4 nitrogen and oxygen atoms in total. The van der Waals surface area contributed by atoms with Gasteiger partial charge in [0.25, 0.3) is 5.91 Å². The molecule has 1 N–H and O–H groups in total. The third kappa shape index (κ3) is 2.61. The smallest absolute Gasteiger partial charge is 0.257 e. The van der Waals surface area contributed by atoms with E-state index in [9.17, 15) is 4.79 Å². The average molecular weight is 305 g/mol. The number of hydrogen-bond acceptors (Lipinski definition) is 2. The first-order chi connectivity index (χ1) is 11.3. The van der Waals surface area contributed by atoms with Crippen molar-refractivity contribution >= 4 is 22.5 Å². The highest BCUT2D eigenvalue weighted by molar-refractivity contribution is 6.12. The molecule has 0 unspecified atom stereocenters. The molecule has 1 amide bonds. The SMILES string of the molecule is O=C(Nc1ccnn1C1CCCC1)c1cccc2ccccc12. The van der Waals surface area contributed by atoms with Crippen LogP contribution in [0.1, 0.15) is 42.1 Å². The maximum absolute atomic E-state index is 12.7. The Bertz CT molecular complexity index is 841. The largest absolute Gasteiger partial charge is 0.307 e. The summed E-state index contributed by atoms with van der Waals surface area (Å²) in [4.78, 5) is 12.7. The van der Waals surface area contributed by atoms with Gasteiger partial charge in [-0.15, -0.1) is 0 Å². The Morgan fingerprint density at radius 1 is 1.04 bits per heavy atom. The number of fused-ring (bicyclic) bond motifs is 1. The molecular formula is C19H19N3O. The Hall–Kier alpha value is -2.62. The lowest BCUT2D eigenvalue weighted by molar-refractivity contribution is 0.102. The summed E-state index contributed by atoms with van der Waals surface area (Å²) in [5.41, 5.74) is 0.697. The number of rotatable bonds is 3. The van der Waals surface area contributed by atoms with E-state index >= 15 is 0 Å². The first kappa shape index (κ1) is 14.0. The van der Waals surface area contributed by atoms with Gasteiger partial charge in [-0.05, 0) is 29.7 Å². The summed E-state index contributed by atoms with van der Waals surface area (Å²) in [6, 6.07) is 16.1. The van der Waals surface area contributed by atoms with Crippen molar-refractivity contribution in [1.29, 1.82) is 0 Å². The van der Waals surface area contributed by atoms with Crippen LogP contribution >= 0.6 is 0 Å². The van der Waals surface area contributed by atoms with E-state index in [4.69, 9.17) is 0 Å². The van der Waals surface area contributed by atoms with Gasteiger partial charge in [0.2, 0.25) is 0 Å². The molecule has 1 heterocycles. The summed E-state index contributed by atoms with van der Waals surface area (Å²) in [5, 5.41) is 9.49. The molecule has 0 bridgehead atoms. The second-order valence-corrected chi connectivity index (χ2v) is 6.08. The Morgan fingerprint density at radius 2 is 1.83 bits per heavy atom. The minimum absolute atomic E-state index is 0.0819. The number of aromatic nitrogens is 2. The van der Waals surface area contributed by atoms with Crippen LogP contribution in [0.2, 0.25) is 0 Å². The summed E-state index contributed by atoms with van der Waals surface area (Å²) in [7, 11) is 0. The van der Waals surface area contributed by atoms with Crippen LogP contribution in [0.4, 0.5) is 5.82 Å². The van der Waals surface area contributed by atoms with E-state index in [0.29, 0.717) is 11.6 Å². The molecule has 0 spiro atoms. The second-order valence-electron chi connectivity index (χ2n) is 6.08. The van der Waals surface area contributed by atoms with Crippen molar-refractivity contribution in [3.8, 4) is 0 Å². The highest BCUT2D eigenvalue weighted by atomic mass is 16.1. The van der Waals surface area contributed by atoms with E-state index < -0.39 is 0 Å². The van der Waals surface area contributed by atoms with Crippen LogP contribution in [0.5, 0.6) is 0 Å². The molecule has 0 radical (unpaired) electrons. The minimum Gasteiger partial charge on any atom is -0.307 e. The van der Waals surface area contributed by atoms with Gasteiger partial charge in [-0.2, -0.15) is 5.10 Å². The van der Waals surface area contributed by atoms with Crippen molar-refractivity contribution in [2.45, 2.75) is 31.7 Å². The van der Waals surface area contributed by atoms with Gasteiger partial charge in [0.15, 0.2) is 0 Å². The van der Waals surface area contributed by atoms with Crippen LogP contribution in [0.15, 0.2) is 54.7 Å². The van der Waals surface area contributed by atoms with Crippen LogP contribution < -0.4 is 5.32 Å². The molecule has 2 aromatic carbocycles. The first-order valence-electron chi connectivity index (χ1n) is 8.15. The number of hydrogen-bond donors (Lipinski definition) is 1. The number of nitrogens with zero attached hydrogens (tertiary/aromatic N) is 2. The Labute approximate surface area is 135 Å². The second kappa shape index (κ2) is 5.88. The summed E-state index contributed by atoms with van der Waals surface area (Å²) in [6.45, 7) is 0. The fraction of sp³-hybridized carbons (Fsp3) is 0.263. The average Bonchev–Trinajstić information content (AvgIpc) is 3.25. The van der Waals surface area contributed by atoms with E-state index in [0.717, 1.165) is 29.4 Å². The molecule has 0 aliphatic heterocycles. The number of carbonyl (C=O) groups excluding carboxylic acids is 1. The van der Waals surface area contributed by atoms with Gasteiger partial charge in [0, 0.05) is 11.6 Å². The summed E-state index contributed by atoms with van der Waals surface area (Å²) >= 11 is 0. The minimum atomic E-state index is -0.0819. The monoisotopic (exact) mass is 305 g/mol. The highest BCUT2D eigenvalue weighted by Crippen LogP contribution is 2.31. The summed E-state index contributed by atoms with van der Waals surface area (Å²) < 4.78 is 1.97. The molecule has 4 heteroatoms. The van der Waals surface area contributed by atoms with E-state index in [2.05, 4.69) is 10.4 Å². The fourth-order valence-corrected chi connectivity index (χ4v) is 3.46. The van der Waals surface area contributed by atoms with Crippen molar-refractivity contribution in [3.05, 3.63) is 60.3 Å². The van der Waals surface area contributed by atoms with Crippen LogP contribution in [-0.2, 0) is 0 Å². The van der Waals surface area contributed by atoms with Gasteiger partial charge >= 0.3 is 0 Å². The maximum atomic E-state index is 12.7. The maximum Gasteiger partial charge on any atom is 0.257 e. The van der Waals surface area contributed by atoms with Gasteiger partial charge in [-0.25, -0.2) is 4.68 Å². The number of nitrogens with one attached hydrogen (secondary N) is 1. The zero-order valence-corrected chi connectivity index (χ0v) is 12.9. The molecule has 1 aromatic heterocycles. The van der Waals surface area contributed by atoms with Gasteiger partial charge < -0.3 is 5.32 Å². The van der Waals surface area contributed by atoms with E-state index in [1.54, 1.807) is 6.20 Å². The molecule has 116 valence electrons. The summed E-state index contributed by atoms with van der Waals surface area (Å²) in [5.74, 6) is 0.705. The molecule has 0 atom stereocenters. The number of carbonyl (C=O) groups is 1. The Kier molecular flexibility index (Phi) is 3.58. The Balaban J connectivity index is 1.64. The van der Waals surface area contributed by atoms with Crippen molar-refractivity contribution in [2.75, 3.05) is 5.32 Å². The third-order valence-corrected chi connectivity index (χ3v) is 4.62. The lowest BCUT2D eigenvalue weighted by Gasteiger charge is -2.15. The topological polar surface area (TPSA) is 46.9 Å². The standard InChI is InChI=1S/C19H19N3O/c23-19(17-11-5-7-14-6-1-4-10-16(14)17)21-18-12-13-20-22(18)15-8-2-3-9-15/h1,4-7,10-13,15H,2-3,8-9H2,(H,21,23). The molecule has 23 heavy (non-hydrogen) atoms. The van der Waals surface area contributed by atoms with E-state index in [1.165, 1.54) is 12.8 Å².